The quantitative estimate of drug-likeness (QED) is 0.582. The van der Waals surface area contributed by atoms with Crippen LogP contribution in [0.1, 0.15) is 28.8 Å². The van der Waals surface area contributed by atoms with E-state index >= 15 is 0 Å². The van der Waals surface area contributed by atoms with Crippen molar-refractivity contribution in [3.63, 3.8) is 0 Å². The highest BCUT2D eigenvalue weighted by Crippen LogP contribution is 2.26. The molecule has 1 saturated heterocycles. The molecule has 1 N–H and O–H groups in total. The van der Waals surface area contributed by atoms with Crippen molar-refractivity contribution in [1.29, 1.82) is 0 Å². The molecule has 0 saturated carbocycles. The summed E-state index contributed by atoms with van der Waals surface area (Å²) in [5.74, 6) is -0.112. The Balaban J connectivity index is 1.44. The second-order valence-electron chi connectivity index (χ2n) is 7.98. The van der Waals surface area contributed by atoms with E-state index in [1.165, 1.54) is 30.7 Å². The van der Waals surface area contributed by atoms with Gasteiger partial charge in [0.05, 0.1) is 4.90 Å². The molecule has 1 heterocycles. The normalized spacial score (nSPS) is 13.7. The van der Waals surface area contributed by atoms with Gasteiger partial charge < -0.3 is 9.80 Å². The molecule has 1 aliphatic heterocycles. The summed E-state index contributed by atoms with van der Waals surface area (Å²) in [6.07, 6.45) is 2.40. The molecule has 1 aliphatic rings. The van der Waals surface area contributed by atoms with Gasteiger partial charge in [-0.2, -0.15) is 0 Å². The maximum atomic E-state index is 13.0. The highest BCUT2D eigenvalue weighted by atomic mass is 32.2. The predicted octanol–water partition coefficient (Wildman–Crippen LogP) is 4.36. The predicted molar refractivity (Wildman–Crippen MR) is 127 cm³/mol. The van der Waals surface area contributed by atoms with Crippen molar-refractivity contribution in [3.05, 3.63) is 90.0 Å². The van der Waals surface area contributed by atoms with Crippen LogP contribution in [0.15, 0.2) is 83.8 Å². The molecule has 6 nitrogen and oxygen atoms in total. The second-order valence-corrected chi connectivity index (χ2v) is 9.66. The molecule has 1 amide bonds. The fraction of sp³-hybridized carbons (Fsp3) is 0.240. The smallest absolute Gasteiger partial charge is 0.261 e. The van der Waals surface area contributed by atoms with Crippen molar-refractivity contribution in [1.82, 2.24) is 4.90 Å². The minimum absolute atomic E-state index is 0.112. The van der Waals surface area contributed by atoms with E-state index in [0.717, 1.165) is 18.7 Å². The first-order valence-electron chi connectivity index (χ1n) is 10.7. The van der Waals surface area contributed by atoms with Gasteiger partial charge in [0.1, 0.15) is 0 Å². The summed E-state index contributed by atoms with van der Waals surface area (Å²) in [6.45, 7) is 2.61. The molecule has 4 rings (SSSR count). The highest BCUT2D eigenvalue weighted by molar-refractivity contribution is 7.92. The molecule has 0 aromatic heterocycles. The zero-order valence-corrected chi connectivity index (χ0v) is 18.9. The fourth-order valence-corrected chi connectivity index (χ4v) is 5.03. The van der Waals surface area contributed by atoms with Crippen molar-refractivity contribution in [3.8, 4) is 0 Å². The van der Waals surface area contributed by atoms with Crippen LogP contribution in [0, 0.1) is 0 Å². The second kappa shape index (κ2) is 9.44. The van der Waals surface area contributed by atoms with Crippen LogP contribution in [-0.2, 0) is 16.6 Å². The lowest BCUT2D eigenvalue weighted by atomic mass is 10.1. The standard InChI is InChI=1S/C25H27N3O3S/c1-27(19-21-9-5-6-12-24(21)28-17-7-8-18-28)25(29)20-13-15-22(16-14-20)26-32(30,31)23-10-3-2-4-11-23/h2-6,9-16,26H,7-8,17-19H2,1H3. The number of carbonyl (C=O) groups is 1. The zero-order chi connectivity index (χ0) is 22.6. The third-order valence-electron chi connectivity index (χ3n) is 5.63. The van der Waals surface area contributed by atoms with Crippen LogP contribution in [0.2, 0.25) is 0 Å². The Hall–Kier alpha value is -3.32. The van der Waals surface area contributed by atoms with E-state index < -0.39 is 10.0 Å². The van der Waals surface area contributed by atoms with Crippen LogP contribution in [0.25, 0.3) is 0 Å². The molecule has 166 valence electrons. The average Bonchev–Trinajstić information content (AvgIpc) is 3.35. The van der Waals surface area contributed by atoms with E-state index in [1.807, 2.05) is 12.1 Å². The Labute approximate surface area is 189 Å². The van der Waals surface area contributed by atoms with Gasteiger partial charge in [-0.25, -0.2) is 8.42 Å². The molecule has 3 aromatic rings. The lowest BCUT2D eigenvalue weighted by molar-refractivity contribution is 0.0785. The van der Waals surface area contributed by atoms with Gasteiger partial charge >= 0.3 is 0 Å². The van der Waals surface area contributed by atoms with Gasteiger partial charge in [0, 0.05) is 43.6 Å². The van der Waals surface area contributed by atoms with Crippen molar-refractivity contribution in [2.24, 2.45) is 0 Å². The van der Waals surface area contributed by atoms with Crippen LogP contribution in [0.5, 0.6) is 0 Å². The number of para-hydroxylation sites is 1. The van der Waals surface area contributed by atoms with Crippen molar-refractivity contribution in [2.45, 2.75) is 24.3 Å². The Morgan fingerprint density at radius 2 is 1.53 bits per heavy atom. The lowest BCUT2D eigenvalue weighted by Gasteiger charge is -2.24. The number of hydrogen-bond acceptors (Lipinski definition) is 4. The van der Waals surface area contributed by atoms with Gasteiger partial charge in [-0.1, -0.05) is 36.4 Å². The molecular formula is C25H27N3O3S. The topological polar surface area (TPSA) is 69.7 Å². The van der Waals surface area contributed by atoms with Crippen LogP contribution in [-0.4, -0.2) is 39.4 Å². The first-order chi connectivity index (χ1) is 15.4. The largest absolute Gasteiger partial charge is 0.371 e. The third kappa shape index (κ3) is 4.94. The van der Waals surface area contributed by atoms with Gasteiger partial charge in [0.25, 0.3) is 15.9 Å². The van der Waals surface area contributed by atoms with Gasteiger partial charge in [0.15, 0.2) is 0 Å². The van der Waals surface area contributed by atoms with Crippen LogP contribution >= 0.6 is 0 Å². The molecule has 0 bridgehead atoms. The number of amides is 1. The van der Waals surface area contributed by atoms with Crippen LogP contribution in [0.3, 0.4) is 0 Å². The minimum atomic E-state index is -3.67. The van der Waals surface area contributed by atoms with Crippen molar-refractivity contribution in [2.75, 3.05) is 29.8 Å². The minimum Gasteiger partial charge on any atom is -0.371 e. The number of nitrogens with one attached hydrogen (secondary N) is 1. The van der Waals surface area contributed by atoms with E-state index in [4.69, 9.17) is 0 Å². The summed E-state index contributed by atoms with van der Waals surface area (Å²) in [6, 6.07) is 22.9. The Morgan fingerprint density at radius 3 is 2.22 bits per heavy atom. The highest BCUT2D eigenvalue weighted by Gasteiger charge is 2.19. The number of rotatable bonds is 7. The summed E-state index contributed by atoms with van der Waals surface area (Å²) in [5.41, 5.74) is 3.23. The summed E-state index contributed by atoms with van der Waals surface area (Å²) in [4.78, 5) is 17.2. The molecule has 0 aliphatic carbocycles. The SMILES string of the molecule is CN(Cc1ccccc1N1CCCC1)C(=O)c1ccc(NS(=O)(=O)c2ccccc2)cc1. The summed E-state index contributed by atoms with van der Waals surface area (Å²) in [5, 5.41) is 0. The molecular weight excluding hydrogens is 422 g/mol. The zero-order valence-electron chi connectivity index (χ0n) is 18.1. The Morgan fingerprint density at radius 1 is 0.906 bits per heavy atom. The number of nitrogens with zero attached hydrogens (tertiary/aromatic N) is 2. The number of carbonyl (C=O) groups excluding carboxylic acids is 1. The van der Waals surface area contributed by atoms with Gasteiger partial charge in [-0.15, -0.1) is 0 Å². The van der Waals surface area contributed by atoms with E-state index in [9.17, 15) is 13.2 Å². The molecule has 0 atom stereocenters. The van der Waals surface area contributed by atoms with Crippen molar-refractivity contribution >= 4 is 27.3 Å². The molecule has 0 radical (unpaired) electrons. The molecule has 3 aromatic carbocycles. The summed E-state index contributed by atoms with van der Waals surface area (Å²) in [7, 11) is -1.88. The van der Waals surface area contributed by atoms with Crippen LogP contribution < -0.4 is 9.62 Å². The van der Waals surface area contributed by atoms with Gasteiger partial charge in [-0.3, -0.25) is 9.52 Å². The van der Waals surface area contributed by atoms with E-state index in [1.54, 1.807) is 54.4 Å². The van der Waals surface area contributed by atoms with Gasteiger partial charge in [0.2, 0.25) is 0 Å². The number of anilines is 2. The molecule has 7 heteroatoms. The fourth-order valence-electron chi connectivity index (χ4n) is 3.95. The maximum Gasteiger partial charge on any atom is 0.261 e. The van der Waals surface area contributed by atoms with E-state index in [-0.39, 0.29) is 10.8 Å². The van der Waals surface area contributed by atoms with Crippen LogP contribution in [0.4, 0.5) is 11.4 Å². The number of benzene rings is 3. The van der Waals surface area contributed by atoms with Crippen molar-refractivity contribution < 1.29 is 13.2 Å². The first kappa shape index (κ1) is 21.9. The lowest BCUT2D eigenvalue weighted by Crippen LogP contribution is -2.28. The first-order valence-corrected chi connectivity index (χ1v) is 12.2. The molecule has 32 heavy (non-hydrogen) atoms. The number of hydrogen-bond donors (Lipinski definition) is 1. The molecule has 1 fully saturated rings. The molecule has 0 spiro atoms. The third-order valence-corrected chi connectivity index (χ3v) is 7.03. The van der Waals surface area contributed by atoms with E-state index in [2.05, 4.69) is 21.8 Å². The molecule has 0 unspecified atom stereocenters. The van der Waals surface area contributed by atoms with Gasteiger partial charge in [-0.05, 0) is 60.9 Å². The summed E-state index contributed by atoms with van der Waals surface area (Å²) >= 11 is 0. The number of sulfonamides is 1. The Kier molecular flexibility index (Phi) is 6.46. The maximum absolute atomic E-state index is 13.0. The van der Waals surface area contributed by atoms with E-state index in [0.29, 0.717) is 17.8 Å². The average molecular weight is 450 g/mol. The summed E-state index contributed by atoms with van der Waals surface area (Å²) < 4.78 is 27.5. The Bertz CT molecular complexity index is 1170. The monoisotopic (exact) mass is 449 g/mol.